The maximum Gasteiger partial charge on any atom is 0.272 e. The van der Waals surface area contributed by atoms with Gasteiger partial charge in [0.25, 0.3) is 5.91 Å². The second-order valence-corrected chi connectivity index (χ2v) is 4.53. The summed E-state index contributed by atoms with van der Waals surface area (Å²) < 4.78 is 13.5. The molecule has 0 fully saturated rings. The molecule has 1 unspecified atom stereocenters. The zero-order valence-electron chi connectivity index (χ0n) is 11.2. The fourth-order valence-corrected chi connectivity index (χ4v) is 1.72. The molecule has 20 heavy (non-hydrogen) atoms. The first-order valence-corrected chi connectivity index (χ1v) is 6.12. The van der Waals surface area contributed by atoms with Crippen molar-refractivity contribution in [3.05, 3.63) is 53.2 Å². The number of amides is 1. The highest BCUT2D eigenvalue weighted by Gasteiger charge is 2.14. The molecule has 0 aliphatic carbocycles. The summed E-state index contributed by atoms with van der Waals surface area (Å²) in [6.45, 7) is 3.45. The second-order valence-electron chi connectivity index (χ2n) is 4.53. The van der Waals surface area contributed by atoms with Crippen molar-refractivity contribution in [2.24, 2.45) is 0 Å². The Kier molecular flexibility index (Phi) is 3.93. The Bertz CT molecular complexity index is 645. The molecule has 0 aliphatic heterocycles. The van der Waals surface area contributed by atoms with Gasteiger partial charge < -0.3 is 11.1 Å². The fraction of sp³-hybridized carbons (Fsp3) is 0.214. The van der Waals surface area contributed by atoms with Crippen LogP contribution in [-0.4, -0.2) is 15.9 Å². The number of hydrogen-bond acceptors (Lipinski definition) is 4. The molecule has 0 aliphatic rings. The average Bonchev–Trinajstić information content (AvgIpc) is 2.41. The number of halogens is 1. The summed E-state index contributed by atoms with van der Waals surface area (Å²) in [6, 6.07) is 4.51. The van der Waals surface area contributed by atoms with Crippen LogP contribution in [0.5, 0.6) is 0 Å². The summed E-state index contributed by atoms with van der Waals surface area (Å²) >= 11 is 0. The molecule has 1 atom stereocenters. The Labute approximate surface area is 116 Å². The molecule has 6 heteroatoms. The molecule has 0 bridgehead atoms. The van der Waals surface area contributed by atoms with Crippen LogP contribution in [0.1, 0.15) is 34.6 Å². The van der Waals surface area contributed by atoms with Gasteiger partial charge in [0.2, 0.25) is 0 Å². The number of nitrogens with zero attached hydrogens (tertiary/aromatic N) is 2. The summed E-state index contributed by atoms with van der Waals surface area (Å²) in [6.07, 6.45) is 2.68. The van der Waals surface area contributed by atoms with E-state index in [4.69, 9.17) is 5.73 Å². The average molecular weight is 274 g/mol. The van der Waals surface area contributed by atoms with Crippen LogP contribution < -0.4 is 11.1 Å². The number of rotatable bonds is 3. The number of aromatic nitrogens is 2. The van der Waals surface area contributed by atoms with Gasteiger partial charge in [0.1, 0.15) is 17.3 Å². The zero-order valence-corrected chi connectivity index (χ0v) is 11.2. The van der Waals surface area contributed by atoms with Gasteiger partial charge in [-0.25, -0.2) is 9.37 Å². The summed E-state index contributed by atoms with van der Waals surface area (Å²) in [5, 5.41) is 2.72. The number of aryl methyl sites for hydroxylation is 1. The van der Waals surface area contributed by atoms with Crippen molar-refractivity contribution >= 4 is 11.7 Å². The Hall–Kier alpha value is -2.50. The van der Waals surface area contributed by atoms with Gasteiger partial charge in [-0.1, -0.05) is 12.1 Å². The Morgan fingerprint density at radius 2 is 2.15 bits per heavy atom. The van der Waals surface area contributed by atoms with Gasteiger partial charge in [-0.05, 0) is 31.0 Å². The van der Waals surface area contributed by atoms with Crippen LogP contribution in [0.2, 0.25) is 0 Å². The van der Waals surface area contributed by atoms with E-state index in [1.165, 1.54) is 18.5 Å². The number of carbonyl (C=O) groups excluding carboxylic acids is 1. The molecular weight excluding hydrogens is 259 g/mol. The highest BCUT2D eigenvalue weighted by Crippen LogP contribution is 2.16. The van der Waals surface area contributed by atoms with Gasteiger partial charge >= 0.3 is 0 Å². The normalized spacial score (nSPS) is 11.9. The lowest BCUT2D eigenvalue weighted by molar-refractivity contribution is 0.0934. The van der Waals surface area contributed by atoms with E-state index < -0.39 is 5.91 Å². The van der Waals surface area contributed by atoms with E-state index in [0.29, 0.717) is 11.1 Å². The smallest absolute Gasteiger partial charge is 0.272 e. The molecule has 1 heterocycles. The molecule has 1 amide bonds. The minimum absolute atomic E-state index is 0.129. The number of benzene rings is 1. The zero-order chi connectivity index (χ0) is 14.7. The van der Waals surface area contributed by atoms with Crippen LogP contribution in [-0.2, 0) is 0 Å². The van der Waals surface area contributed by atoms with Crippen molar-refractivity contribution in [3.8, 4) is 0 Å². The molecule has 2 rings (SSSR count). The Morgan fingerprint density at radius 1 is 1.40 bits per heavy atom. The number of carbonyl (C=O) groups is 1. The maximum absolute atomic E-state index is 13.5. The molecular formula is C14H15FN4O. The van der Waals surface area contributed by atoms with Crippen LogP contribution in [0.4, 0.5) is 10.2 Å². The minimum Gasteiger partial charge on any atom is -0.382 e. The van der Waals surface area contributed by atoms with Gasteiger partial charge in [0.05, 0.1) is 18.4 Å². The van der Waals surface area contributed by atoms with Gasteiger partial charge in [-0.3, -0.25) is 9.78 Å². The van der Waals surface area contributed by atoms with E-state index in [2.05, 4.69) is 15.3 Å². The Balaban J connectivity index is 2.13. The fourth-order valence-electron chi connectivity index (χ4n) is 1.72. The minimum atomic E-state index is -0.404. The number of nitrogens with one attached hydrogen (secondary N) is 1. The van der Waals surface area contributed by atoms with Crippen molar-refractivity contribution in [2.45, 2.75) is 19.9 Å². The van der Waals surface area contributed by atoms with Crippen LogP contribution in [0.25, 0.3) is 0 Å². The number of nitrogen functional groups attached to an aromatic ring is 1. The molecule has 104 valence electrons. The summed E-state index contributed by atoms with van der Waals surface area (Å²) in [5.41, 5.74) is 6.84. The lowest BCUT2D eigenvalue weighted by Crippen LogP contribution is -2.27. The summed E-state index contributed by atoms with van der Waals surface area (Å²) in [4.78, 5) is 19.7. The summed E-state index contributed by atoms with van der Waals surface area (Å²) in [5.74, 6) is -0.530. The van der Waals surface area contributed by atoms with Crippen molar-refractivity contribution in [3.63, 3.8) is 0 Å². The van der Waals surface area contributed by atoms with Crippen molar-refractivity contribution in [1.82, 2.24) is 15.3 Å². The molecule has 1 aromatic heterocycles. The monoisotopic (exact) mass is 274 g/mol. The third kappa shape index (κ3) is 3.09. The molecule has 0 saturated carbocycles. The SMILES string of the molecule is Cc1ccc(C(C)NC(=O)c2cncc(N)n2)cc1F. The van der Waals surface area contributed by atoms with Crippen LogP contribution in [0, 0.1) is 12.7 Å². The van der Waals surface area contributed by atoms with Gasteiger partial charge in [0.15, 0.2) is 0 Å². The van der Waals surface area contributed by atoms with E-state index in [0.717, 1.165) is 0 Å². The van der Waals surface area contributed by atoms with E-state index in [9.17, 15) is 9.18 Å². The predicted molar refractivity (Wildman–Crippen MR) is 73.5 cm³/mol. The number of anilines is 1. The van der Waals surface area contributed by atoms with Crippen molar-refractivity contribution in [1.29, 1.82) is 0 Å². The van der Waals surface area contributed by atoms with E-state index in [1.807, 2.05) is 0 Å². The van der Waals surface area contributed by atoms with Gasteiger partial charge in [-0.2, -0.15) is 0 Å². The van der Waals surface area contributed by atoms with Crippen molar-refractivity contribution < 1.29 is 9.18 Å². The van der Waals surface area contributed by atoms with E-state index >= 15 is 0 Å². The lowest BCUT2D eigenvalue weighted by atomic mass is 10.1. The first kappa shape index (κ1) is 13.9. The lowest BCUT2D eigenvalue weighted by Gasteiger charge is -2.14. The largest absolute Gasteiger partial charge is 0.382 e. The highest BCUT2D eigenvalue weighted by molar-refractivity contribution is 5.92. The second kappa shape index (κ2) is 5.64. The Morgan fingerprint density at radius 3 is 2.80 bits per heavy atom. The van der Waals surface area contributed by atoms with E-state index in [-0.39, 0.29) is 23.4 Å². The van der Waals surface area contributed by atoms with Crippen LogP contribution >= 0.6 is 0 Å². The van der Waals surface area contributed by atoms with E-state index in [1.54, 1.807) is 26.0 Å². The molecule has 3 N–H and O–H groups in total. The van der Waals surface area contributed by atoms with Crippen LogP contribution in [0.15, 0.2) is 30.6 Å². The highest BCUT2D eigenvalue weighted by atomic mass is 19.1. The third-order valence-electron chi connectivity index (χ3n) is 2.93. The molecule has 5 nitrogen and oxygen atoms in total. The standard InChI is InChI=1S/C14H15FN4O/c1-8-3-4-10(5-11(8)15)9(2)18-14(20)12-6-17-7-13(16)19-12/h3-7,9H,1-2H3,(H2,16,19)(H,18,20). The molecule has 0 saturated heterocycles. The quantitative estimate of drug-likeness (QED) is 0.897. The van der Waals surface area contributed by atoms with Crippen LogP contribution in [0.3, 0.4) is 0 Å². The van der Waals surface area contributed by atoms with Crippen molar-refractivity contribution in [2.75, 3.05) is 5.73 Å². The maximum atomic E-state index is 13.5. The first-order chi connectivity index (χ1) is 9.47. The molecule has 0 radical (unpaired) electrons. The molecule has 0 spiro atoms. The predicted octanol–water partition coefficient (Wildman–Crippen LogP) is 2.00. The topological polar surface area (TPSA) is 80.9 Å². The first-order valence-electron chi connectivity index (χ1n) is 6.12. The third-order valence-corrected chi connectivity index (χ3v) is 2.93. The number of nitrogens with two attached hydrogens (primary N) is 1. The summed E-state index contributed by atoms with van der Waals surface area (Å²) in [7, 11) is 0. The van der Waals surface area contributed by atoms with Gasteiger partial charge in [0, 0.05) is 0 Å². The van der Waals surface area contributed by atoms with Gasteiger partial charge in [-0.15, -0.1) is 0 Å². The molecule has 1 aromatic carbocycles. The molecule has 2 aromatic rings. The number of hydrogen-bond donors (Lipinski definition) is 2.